The molecule has 0 spiro atoms. The molecule has 0 unspecified atom stereocenters. The van der Waals surface area contributed by atoms with Crippen LogP contribution in [0.2, 0.25) is 0 Å². The smallest absolute Gasteiger partial charge is 0.243 e. The van der Waals surface area contributed by atoms with Gasteiger partial charge in [-0.1, -0.05) is 24.3 Å². The van der Waals surface area contributed by atoms with E-state index in [0.29, 0.717) is 0 Å². The second kappa shape index (κ2) is 6.80. The van der Waals surface area contributed by atoms with Gasteiger partial charge in [0.2, 0.25) is 15.9 Å². The Labute approximate surface area is 135 Å². The van der Waals surface area contributed by atoms with E-state index in [1.54, 1.807) is 30.3 Å². The van der Waals surface area contributed by atoms with E-state index in [2.05, 4.69) is 5.32 Å². The summed E-state index contributed by atoms with van der Waals surface area (Å²) in [6.45, 7) is 1.46. The van der Waals surface area contributed by atoms with Gasteiger partial charge in [-0.3, -0.25) is 4.79 Å². The predicted octanol–water partition coefficient (Wildman–Crippen LogP) is 1.96. The molecule has 2 aromatic rings. The number of aryl methyl sites for hydroxylation is 1. The molecule has 0 saturated heterocycles. The number of aromatic hydroxyl groups is 1. The van der Waals surface area contributed by atoms with Gasteiger partial charge in [-0.25, -0.2) is 8.42 Å². The van der Waals surface area contributed by atoms with Crippen molar-refractivity contribution in [2.75, 3.05) is 18.9 Å². The number of amides is 1. The van der Waals surface area contributed by atoms with Crippen molar-refractivity contribution >= 4 is 21.6 Å². The molecule has 23 heavy (non-hydrogen) atoms. The largest absolute Gasteiger partial charge is 0.506 e. The number of hydrogen-bond acceptors (Lipinski definition) is 4. The van der Waals surface area contributed by atoms with Crippen molar-refractivity contribution in [1.82, 2.24) is 4.31 Å². The van der Waals surface area contributed by atoms with Gasteiger partial charge in [-0.05, 0) is 36.8 Å². The minimum absolute atomic E-state index is 0.0717. The van der Waals surface area contributed by atoms with E-state index in [-0.39, 0.29) is 22.9 Å². The van der Waals surface area contributed by atoms with E-state index >= 15 is 0 Å². The third kappa shape index (κ3) is 4.08. The fourth-order valence-electron chi connectivity index (χ4n) is 2.00. The van der Waals surface area contributed by atoms with Crippen LogP contribution in [0.15, 0.2) is 53.4 Å². The molecule has 122 valence electrons. The lowest BCUT2D eigenvalue weighted by Gasteiger charge is -2.17. The van der Waals surface area contributed by atoms with E-state index in [1.165, 1.54) is 25.2 Å². The number of hydrogen-bond donors (Lipinski definition) is 2. The van der Waals surface area contributed by atoms with E-state index in [4.69, 9.17) is 0 Å². The summed E-state index contributed by atoms with van der Waals surface area (Å²) in [5.41, 5.74) is 1.11. The zero-order chi connectivity index (χ0) is 17.0. The molecule has 2 N–H and O–H groups in total. The highest BCUT2D eigenvalue weighted by Crippen LogP contribution is 2.24. The summed E-state index contributed by atoms with van der Waals surface area (Å²) in [6, 6.07) is 12.7. The molecule has 0 aromatic heterocycles. The Kier molecular flexibility index (Phi) is 5.02. The average molecular weight is 334 g/mol. The van der Waals surface area contributed by atoms with Crippen molar-refractivity contribution in [3.8, 4) is 5.75 Å². The first-order valence-electron chi connectivity index (χ1n) is 6.91. The van der Waals surface area contributed by atoms with Gasteiger partial charge in [0.1, 0.15) is 5.75 Å². The number of nitrogens with zero attached hydrogens (tertiary/aromatic N) is 1. The van der Waals surface area contributed by atoms with Gasteiger partial charge < -0.3 is 10.4 Å². The number of carbonyl (C=O) groups excluding carboxylic acids is 1. The molecule has 0 bridgehead atoms. The van der Waals surface area contributed by atoms with Crippen LogP contribution in [0.4, 0.5) is 5.69 Å². The molecule has 0 aliphatic carbocycles. The van der Waals surface area contributed by atoms with Gasteiger partial charge >= 0.3 is 0 Å². The molecule has 2 aromatic carbocycles. The third-order valence-electron chi connectivity index (χ3n) is 3.24. The minimum Gasteiger partial charge on any atom is -0.506 e. The maximum atomic E-state index is 12.3. The molecule has 7 heteroatoms. The minimum atomic E-state index is -3.73. The summed E-state index contributed by atoms with van der Waals surface area (Å²) in [4.78, 5) is 12.2. The molecule has 1 amide bonds. The molecule has 0 heterocycles. The zero-order valence-electron chi connectivity index (χ0n) is 12.9. The van der Waals surface area contributed by atoms with Crippen LogP contribution >= 0.6 is 0 Å². The van der Waals surface area contributed by atoms with Crippen molar-refractivity contribution in [1.29, 1.82) is 0 Å². The summed E-state index contributed by atoms with van der Waals surface area (Å²) >= 11 is 0. The Morgan fingerprint density at radius 1 is 1.17 bits per heavy atom. The monoisotopic (exact) mass is 334 g/mol. The first-order valence-corrected chi connectivity index (χ1v) is 8.35. The SMILES string of the molecule is Cc1ccc(O)c(NC(=O)CN(C)S(=O)(=O)c2ccccc2)c1. The summed E-state index contributed by atoms with van der Waals surface area (Å²) in [5, 5.41) is 12.2. The van der Waals surface area contributed by atoms with E-state index in [0.717, 1.165) is 9.87 Å². The molecular weight excluding hydrogens is 316 g/mol. The number of benzene rings is 2. The van der Waals surface area contributed by atoms with Crippen LogP contribution in [0.5, 0.6) is 5.75 Å². The van der Waals surface area contributed by atoms with Crippen LogP contribution < -0.4 is 5.32 Å². The lowest BCUT2D eigenvalue weighted by molar-refractivity contribution is -0.116. The highest BCUT2D eigenvalue weighted by atomic mass is 32.2. The molecule has 0 saturated carbocycles. The topological polar surface area (TPSA) is 86.7 Å². The summed E-state index contributed by atoms with van der Waals surface area (Å²) < 4.78 is 25.6. The molecule has 0 aliphatic heterocycles. The van der Waals surface area contributed by atoms with Crippen molar-refractivity contribution < 1.29 is 18.3 Å². The van der Waals surface area contributed by atoms with E-state index in [9.17, 15) is 18.3 Å². The van der Waals surface area contributed by atoms with Crippen molar-refractivity contribution in [3.05, 3.63) is 54.1 Å². The van der Waals surface area contributed by atoms with Crippen LogP contribution in [0, 0.1) is 6.92 Å². The van der Waals surface area contributed by atoms with Gasteiger partial charge in [0.05, 0.1) is 17.1 Å². The summed E-state index contributed by atoms with van der Waals surface area (Å²) in [7, 11) is -2.40. The van der Waals surface area contributed by atoms with Crippen LogP contribution in [0.1, 0.15) is 5.56 Å². The standard InChI is InChI=1S/C16H18N2O4S/c1-12-8-9-15(19)14(10-12)17-16(20)11-18(2)23(21,22)13-6-4-3-5-7-13/h3-10,19H,11H2,1-2H3,(H,17,20). The maximum absolute atomic E-state index is 12.3. The molecule has 0 fully saturated rings. The zero-order valence-corrected chi connectivity index (χ0v) is 13.7. The van der Waals surface area contributed by atoms with Gasteiger partial charge in [0.15, 0.2) is 0 Å². The predicted molar refractivity (Wildman–Crippen MR) is 87.7 cm³/mol. The molecule has 2 rings (SSSR count). The van der Waals surface area contributed by atoms with Crippen molar-refractivity contribution in [2.45, 2.75) is 11.8 Å². The van der Waals surface area contributed by atoms with Gasteiger partial charge in [0, 0.05) is 7.05 Å². The van der Waals surface area contributed by atoms with Gasteiger partial charge in [0.25, 0.3) is 0 Å². The summed E-state index contributed by atoms with van der Waals surface area (Å²) in [5.74, 6) is -0.606. The fraction of sp³-hybridized carbons (Fsp3) is 0.188. The number of carbonyl (C=O) groups is 1. The highest BCUT2D eigenvalue weighted by molar-refractivity contribution is 7.89. The molecule has 0 radical (unpaired) electrons. The second-order valence-electron chi connectivity index (χ2n) is 5.14. The first-order chi connectivity index (χ1) is 10.8. The van der Waals surface area contributed by atoms with Crippen LogP contribution in [0.25, 0.3) is 0 Å². The van der Waals surface area contributed by atoms with Crippen molar-refractivity contribution in [2.24, 2.45) is 0 Å². The Bertz CT molecular complexity index is 804. The quantitative estimate of drug-likeness (QED) is 0.818. The number of likely N-dealkylation sites (N-methyl/N-ethyl adjacent to an activating group) is 1. The van der Waals surface area contributed by atoms with Gasteiger partial charge in [-0.15, -0.1) is 0 Å². The number of sulfonamides is 1. The van der Waals surface area contributed by atoms with Crippen LogP contribution in [0.3, 0.4) is 0 Å². The van der Waals surface area contributed by atoms with Gasteiger partial charge in [-0.2, -0.15) is 4.31 Å². The molecule has 6 nitrogen and oxygen atoms in total. The number of rotatable bonds is 5. The number of nitrogens with one attached hydrogen (secondary N) is 1. The number of phenols is 1. The Balaban J connectivity index is 2.09. The summed E-state index contributed by atoms with van der Waals surface area (Å²) in [6.07, 6.45) is 0. The lowest BCUT2D eigenvalue weighted by atomic mass is 10.2. The molecule has 0 aliphatic rings. The second-order valence-corrected chi connectivity index (χ2v) is 7.19. The average Bonchev–Trinajstić information content (AvgIpc) is 2.51. The Morgan fingerprint density at radius 3 is 2.48 bits per heavy atom. The Hall–Kier alpha value is -2.38. The first kappa shape index (κ1) is 17.0. The lowest BCUT2D eigenvalue weighted by Crippen LogP contribution is -2.34. The third-order valence-corrected chi connectivity index (χ3v) is 5.06. The van der Waals surface area contributed by atoms with Crippen LogP contribution in [-0.2, 0) is 14.8 Å². The Morgan fingerprint density at radius 2 is 1.83 bits per heavy atom. The fourth-order valence-corrected chi connectivity index (χ4v) is 3.15. The molecule has 0 atom stereocenters. The van der Waals surface area contributed by atoms with Crippen LogP contribution in [-0.4, -0.2) is 37.3 Å². The van der Waals surface area contributed by atoms with E-state index in [1.807, 2.05) is 6.92 Å². The van der Waals surface area contributed by atoms with Crippen molar-refractivity contribution in [3.63, 3.8) is 0 Å². The number of phenolic OH excluding ortho intramolecular Hbond substituents is 1. The highest BCUT2D eigenvalue weighted by Gasteiger charge is 2.22. The number of anilines is 1. The molecular formula is C16H18N2O4S. The van der Waals surface area contributed by atoms with E-state index < -0.39 is 15.9 Å². The maximum Gasteiger partial charge on any atom is 0.243 e. The normalized spacial score (nSPS) is 11.4.